The van der Waals surface area contributed by atoms with Gasteiger partial charge in [0.1, 0.15) is 6.61 Å². The third kappa shape index (κ3) is 4.44. The second-order valence-electron chi connectivity index (χ2n) is 3.43. The average Bonchev–Trinajstić information content (AvgIpc) is 1.86. The van der Waals surface area contributed by atoms with Crippen LogP contribution in [0.2, 0.25) is 0 Å². The van der Waals surface area contributed by atoms with Crippen molar-refractivity contribution in [3.05, 3.63) is 12.3 Å². The maximum absolute atomic E-state index is 8.22. The van der Waals surface area contributed by atoms with E-state index in [2.05, 4.69) is 6.58 Å². The Morgan fingerprint density at radius 3 is 2.45 bits per heavy atom. The number of allylic oxidation sites excluding steroid dienone is 1. The molecular formula is C9H15NO. The van der Waals surface area contributed by atoms with E-state index in [1.165, 1.54) is 0 Å². The molecule has 0 saturated heterocycles. The Bertz CT molecular complexity index is 171. The first kappa shape index (κ1) is 10.0. The van der Waals surface area contributed by atoms with Gasteiger partial charge >= 0.3 is 0 Å². The van der Waals surface area contributed by atoms with Crippen molar-refractivity contribution in [2.45, 2.75) is 27.2 Å². The molecule has 0 rings (SSSR count). The highest BCUT2D eigenvalue weighted by molar-refractivity contribution is 4.95. The molecule has 0 atom stereocenters. The van der Waals surface area contributed by atoms with Crippen LogP contribution in [0.5, 0.6) is 0 Å². The maximum Gasteiger partial charge on any atom is 0.101 e. The summed E-state index contributed by atoms with van der Waals surface area (Å²) in [4.78, 5) is 0. The molecule has 0 fully saturated rings. The van der Waals surface area contributed by atoms with Gasteiger partial charge in [-0.15, -0.1) is 0 Å². The second-order valence-corrected chi connectivity index (χ2v) is 3.43. The van der Waals surface area contributed by atoms with E-state index in [1.807, 2.05) is 26.8 Å². The van der Waals surface area contributed by atoms with Gasteiger partial charge in [0.15, 0.2) is 0 Å². The highest BCUT2D eigenvalue weighted by Crippen LogP contribution is 2.23. The van der Waals surface area contributed by atoms with Crippen LogP contribution in [-0.2, 0) is 4.74 Å². The molecule has 0 unspecified atom stereocenters. The summed E-state index contributed by atoms with van der Waals surface area (Å²) in [6.45, 7) is 10.3. The molecule has 0 aromatic carbocycles. The number of nitrogens with zero attached hydrogens (tertiary/aromatic N) is 1. The SMILES string of the molecule is C=C(OCCC#N)C(C)(C)C. The third-order valence-corrected chi connectivity index (χ3v) is 1.33. The lowest BCUT2D eigenvalue weighted by molar-refractivity contribution is 0.158. The molecule has 0 spiro atoms. The molecule has 62 valence electrons. The van der Waals surface area contributed by atoms with Crippen molar-refractivity contribution in [3.8, 4) is 6.07 Å². The zero-order chi connectivity index (χ0) is 8.91. The summed E-state index contributed by atoms with van der Waals surface area (Å²) in [6, 6.07) is 2.01. The highest BCUT2D eigenvalue weighted by atomic mass is 16.5. The Morgan fingerprint density at radius 1 is 1.55 bits per heavy atom. The van der Waals surface area contributed by atoms with E-state index in [9.17, 15) is 0 Å². The Kier molecular flexibility index (Phi) is 3.67. The van der Waals surface area contributed by atoms with E-state index in [1.54, 1.807) is 0 Å². The van der Waals surface area contributed by atoms with Crippen molar-refractivity contribution in [1.29, 1.82) is 5.26 Å². The number of rotatable bonds is 3. The molecule has 0 aliphatic rings. The largest absolute Gasteiger partial charge is 0.497 e. The average molecular weight is 153 g/mol. The standard InChI is InChI=1S/C9H15NO/c1-8(9(2,3)4)11-7-5-6-10/h1,5,7H2,2-4H3. The molecule has 0 N–H and O–H groups in total. The van der Waals surface area contributed by atoms with Gasteiger partial charge in [-0.2, -0.15) is 5.26 Å². The maximum atomic E-state index is 8.22. The first-order chi connectivity index (χ1) is 4.98. The molecule has 0 heterocycles. The van der Waals surface area contributed by atoms with E-state index in [0.717, 1.165) is 5.76 Å². The summed E-state index contributed by atoms with van der Waals surface area (Å²) < 4.78 is 5.23. The zero-order valence-corrected chi connectivity index (χ0v) is 7.48. The predicted octanol–water partition coefficient (Wildman–Crippen LogP) is 2.48. The molecule has 0 radical (unpaired) electrons. The fraction of sp³-hybridized carbons (Fsp3) is 0.667. The van der Waals surface area contributed by atoms with Crippen molar-refractivity contribution >= 4 is 0 Å². The summed E-state index contributed by atoms with van der Waals surface area (Å²) in [5, 5.41) is 8.22. The third-order valence-electron chi connectivity index (χ3n) is 1.33. The molecule has 0 aliphatic carbocycles. The Morgan fingerprint density at radius 2 is 2.09 bits per heavy atom. The van der Waals surface area contributed by atoms with Crippen LogP contribution in [0.1, 0.15) is 27.2 Å². The lowest BCUT2D eigenvalue weighted by Gasteiger charge is -2.21. The van der Waals surface area contributed by atoms with E-state index >= 15 is 0 Å². The van der Waals surface area contributed by atoms with Crippen LogP contribution >= 0.6 is 0 Å². The smallest absolute Gasteiger partial charge is 0.101 e. The normalized spacial score (nSPS) is 10.4. The monoisotopic (exact) mass is 153 g/mol. The fourth-order valence-corrected chi connectivity index (χ4v) is 0.436. The van der Waals surface area contributed by atoms with Crippen LogP contribution in [0, 0.1) is 16.7 Å². The van der Waals surface area contributed by atoms with Crippen LogP contribution in [-0.4, -0.2) is 6.61 Å². The first-order valence-corrected chi connectivity index (χ1v) is 3.67. The van der Waals surface area contributed by atoms with Gasteiger partial charge < -0.3 is 4.74 Å². The molecule has 0 aliphatic heterocycles. The van der Waals surface area contributed by atoms with E-state index < -0.39 is 0 Å². The zero-order valence-electron chi connectivity index (χ0n) is 7.48. The van der Waals surface area contributed by atoms with Crippen molar-refractivity contribution in [2.24, 2.45) is 5.41 Å². The van der Waals surface area contributed by atoms with Gasteiger partial charge in [-0.3, -0.25) is 0 Å². The summed E-state index contributed by atoms with van der Waals surface area (Å²) in [6.07, 6.45) is 0.426. The van der Waals surface area contributed by atoms with Gasteiger partial charge in [0.2, 0.25) is 0 Å². The number of hydrogen-bond donors (Lipinski definition) is 0. The van der Waals surface area contributed by atoms with Gasteiger partial charge in [0.25, 0.3) is 0 Å². The molecule has 0 bridgehead atoms. The van der Waals surface area contributed by atoms with Crippen molar-refractivity contribution in [1.82, 2.24) is 0 Å². The minimum atomic E-state index is -0.0184. The predicted molar refractivity (Wildman–Crippen MR) is 44.8 cm³/mol. The van der Waals surface area contributed by atoms with Gasteiger partial charge in [-0.25, -0.2) is 0 Å². The van der Waals surface area contributed by atoms with Crippen molar-refractivity contribution < 1.29 is 4.74 Å². The van der Waals surface area contributed by atoms with Gasteiger partial charge in [-0.1, -0.05) is 27.4 Å². The fourth-order valence-electron chi connectivity index (χ4n) is 0.436. The topological polar surface area (TPSA) is 33.0 Å². The Hall–Kier alpha value is -0.970. The van der Waals surface area contributed by atoms with Crippen LogP contribution < -0.4 is 0 Å². The number of ether oxygens (including phenoxy) is 1. The minimum absolute atomic E-state index is 0.0184. The second kappa shape index (κ2) is 4.02. The lowest BCUT2D eigenvalue weighted by Crippen LogP contribution is -2.11. The number of hydrogen-bond acceptors (Lipinski definition) is 2. The molecule has 0 saturated carbocycles. The van der Waals surface area contributed by atoms with E-state index in [4.69, 9.17) is 10.00 Å². The summed E-state index contributed by atoms with van der Waals surface area (Å²) >= 11 is 0. The molecule has 2 nitrogen and oxygen atoms in total. The van der Waals surface area contributed by atoms with Crippen molar-refractivity contribution in [2.75, 3.05) is 6.61 Å². The van der Waals surface area contributed by atoms with E-state index in [-0.39, 0.29) is 5.41 Å². The van der Waals surface area contributed by atoms with Crippen LogP contribution in [0.4, 0.5) is 0 Å². The molecule has 0 aromatic heterocycles. The summed E-state index contributed by atoms with van der Waals surface area (Å²) in [5.74, 6) is 0.743. The van der Waals surface area contributed by atoms with Crippen LogP contribution in [0.3, 0.4) is 0 Å². The van der Waals surface area contributed by atoms with Crippen LogP contribution in [0.15, 0.2) is 12.3 Å². The summed E-state index contributed by atoms with van der Waals surface area (Å²) in [7, 11) is 0. The molecular weight excluding hydrogens is 138 g/mol. The molecule has 11 heavy (non-hydrogen) atoms. The quantitative estimate of drug-likeness (QED) is 0.461. The van der Waals surface area contributed by atoms with Gasteiger partial charge in [-0.05, 0) is 0 Å². The van der Waals surface area contributed by atoms with Gasteiger partial charge in [0, 0.05) is 5.41 Å². The Balaban J connectivity index is 3.64. The first-order valence-electron chi connectivity index (χ1n) is 3.67. The molecule has 0 amide bonds. The lowest BCUT2D eigenvalue weighted by atomic mass is 9.95. The van der Waals surface area contributed by atoms with Crippen LogP contribution in [0.25, 0.3) is 0 Å². The Labute approximate surface area is 68.5 Å². The van der Waals surface area contributed by atoms with Crippen molar-refractivity contribution in [3.63, 3.8) is 0 Å². The number of nitriles is 1. The summed E-state index contributed by atoms with van der Waals surface area (Å²) in [5.41, 5.74) is -0.0184. The highest BCUT2D eigenvalue weighted by Gasteiger charge is 2.15. The molecule has 0 aromatic rings. The van der Waals surface area contributed by atoms with Gasteiger partial charge in [0.05, 0.1) is 18.2 Å². The molecule has 2 heteroatoms. The minimum Gasteiger partial charge on any atom is -0.497 e. The van der Waals surface area contributed by atoms with E-state index in [0.29, 0.717) is 13.0 Å².